The molecule has 3 aromatic carbocycles. The molecule has 142 valence electrons. The molecule has 0 atom stereocenters. The highest BCUT2D eigenvalue weighted by Gasteiger charge is 2.11. The van der Waals surface area contributed by atoms with Gasteiger partial charge in [-0.15, -0.1) is 0 Å². The molecule has 0 saturated carbocycles. The van der Waals surface area contributed by atoms with Gasteiger partial charge in [-0.1, -0.05) is 12.1 Å². The summed E-state index contributed by atoms with van der Waals surface area (Å²) in [6, 6.07) is 14.3. The van der Waals surface area contributed by atoms with Gasteiger partial charge in [0.25, 0.3) is 5.91 Å². The van der Waals surface area contributed by atoms with Crippen molar-refractivity contribution in [1.29, 1.82) is 0 Å². The molecule has 3 N–H and O–H groups in total. The third-order valence-electron chi connectivity index (χ3n) is 3.93. The smallest absolute Gasteiger partial charge is 0.308 e. The average molecular weight is 382 g/mol. The average Bonchev–Trinajstić information content (AvgIpc) is 2.66. The molecule has 0 fully saturated rings. The minimum Gasteiger partial charge on any atom is -0.427 e. The maximum absolute atomic E-state index is 13.5. The van der Waals surface area contributed by atoms with Crippen LogP contribution in [0.3, 0.4) is 0 Å². The van der Waals surface area contributed by atoms with E-state index in [1.807, 2.05) is 0 Å². The monoisotopic (exact) mass is 382 g/mol. The number of nitrogen functional groups attached to an aromatic ring is 1. The number of ether oxygens (including phenoxy) is 1. The third-order valence-corrected chi connectivity index (χ3v) is 3.93. The molecule has 3 rings (SSSR count). The van der Waals surface area contributed by atoms with Crippen LogP contribution in [-0.2, 0) is 4.79 Å². The number of rotatable bonds is 4. The number of halogens is 2. The van der Waals surface area contributed by atoms with Crippen LogP contribution in [-0.4, -0.2) is 11.9 Å². The molecule has 28 heavy (non-hydrogen) atoms. The first-order valence-electron chi connectivity index (χ1n) is 8.28. The summed E-state index contributed by atoms with van der Waals surface area (Å²) in [5.74, 6) is -2.47. The summed E-state index contributed by atoms with van der Waals surface area (Å²) in [5.41, 5.74) is 7.90. The lowest BCUT2D eigenvalue weighted by Gasteiger charge is -2.11. The van der Waals surface area contributed by atoms with E-state index in [9.17, 15) is 18.4 Å². The third kappa shape index (κ3) is 4.32. The second-order valence-electron chi connectivity index (χ2n) is 6.00. The largest absolute Gasteiger partial charge is 0.427 e. The number of benzene rings is 3. The quantitative estimate of drug-likeness (QED) is 0.398. The fourth-order valence-corrected chi connectivity index (χ4v) is 2.55. The fraction of sp³-hybridized carbons (Fsp3) is 0.0476. The maximum Gasteiger partial charge on any atom is 0.308 e. The van der Waals surface area contributed by atoms with Gasteiger partial charge in [0.15, 0.2) is 11.6 Å². The lowest BCUT2D eigenvalue weighted by Crippen LogP contribution is -2.13. The van der Waals surface area contributed by atoms with E-state index >= 15 is 0 Å². The topological polar surface area (TPSA) is 81.4 Å². The van der Waals surface area contributed by atoms with Crippen molar-refractivity contribution >= 4 is 23.3 Å². The Bertz CT molecular complexity index is 1050. The minimum absolute atomic E-state index is 0.316. The molecule has 3 aromatic rings. The Morgan fingerprint density at radius 3 is 2.18 bits per heavy atom. The lowest BCUT2D eigenvalue weighted by molar-refractivity contribution is -0.131. The first-order chi connectivity index (χ1) is 13.3. The molecule has 0 aliphatic rings. The van der Waals surface area contributed by atoms with Crippen LogP contribution in [0.2, 0.25) is 0 Å². The highest BCUT2D eigenvalue weighted by Crippen LogP contribution is 2.28. The molecule has 5 nitrogen and oxygen atoms in total. The zero-order valence-electron chi connectivity index (χ0n) is 14.8. The fourth-order valence-electron chi connectivity index (χ4n) is 2.55. The normalized spacial score (nSPS) is 10.4. The molecule has 0 aromatic heterocycles. The van der Waals surface area contributed by atoms with Crippen molar-refractivity contribution in [3.05, 3.63) is 77.9 Å². The lowest BCUT2D eigenvalue weighted by atomic mass is 10.0. The van der Waals surface area contributed by atoms with Gasteiger partial charge in [0, 0.05) is 12.5 Å². The van der Waals surface area contributed by atoms with Crippen LogP contribution in [0.4, 0.5) is 20.2 Å². The molecule has 0 aliphatic carbocycles. The molecule has 0 radical (unpaired) electrons. The Morgan fingerprint density at radius 2 is 1.54 bits per heavy atom. The number of carbonyl (C=O) groups excluding carboxylic acids is 2. The van der Waals surface area contributed by atoms with Crippen LogP contribution in [0, 0.1) is 11.6 Å². The number of nitrogens with one attached hydrogen (secondary N) is 1. The van der Waals surface area contributed by atoms with Crippen molar-refractivity contribution < 1.29 is 23.1 Å². The molecule has 0 spiro atoms. The predicted molar refractivity (Wildman–Crippen MR) is 102 cm³/mol. The number of hydrogen-bond donors (Lipinski definition) is 2. The van der Waals surface area contributed by atoms with Crippen molar-refractivity contribution in [3.63, 3.8) is 0 Å². The number of esters is 1. The van der Waals surface area contributed by atoms with E-state index in [1.54, 1.807) is 18.2 Å². The number of amides is 1. The van der Waals surface area contributed by atoms with Crippen LogP contribution in [0.25, 0.3) is 11.1 Å². The summed E-state index contributed by atoms with van der Waals surface area (Å²) in [5, 5.41) is 2.68. The highest BCUT2D eigenvalue weighted by molar-refractivity contribution is 6.06. The van der Waals surface area contributed by atoms with Crippen molar-refractivity contribution in [2.24, 2.45) is 0 Å². The maximum atomic E-state index is 13.5. The number of anilines is 2. The Kier molecular flexibility index (Phi) is 5.35. The summed E-state index contributed by atoms with van der Waals surface area (Å²) < 4.78 is 31.5. The Labute approximate surface area is 159 Å². The van der Waals surface area contributed by atoms with Crippen molar-refractivity contribution in [2.75, 3.05) is 11.1 Å². The molecule has 7 heteroatoms. The Morgan fingerprint density at radius 1 is 0.893 bits per heavy atom. The van der Waals surface area contributed by atoms with Gasteiger partial charge in [-0.2, -0.15) is 0 Å². The second kappa shape index (κ2) is 7.87. The molecular weight excluding hydrogens is 366 g/mol. The van der Waals surface area contributed by atoms with Crippen LogP contribution < -0.4 is 15.8 Å². The van der Waals surface area contributed by atoms with Crippen LogP contribution in [0.5, 0.6) is 5.75 Å². The first-order valence-corrected chi connectivity index (χ1v) is 8.28. The number of carbonyl (C=O) groups is 2. The summed E-state index contributed by atoms with van der Waals surface area (Å²) in [6.45, 7) is 1.28. The predicted octanol–water partition coefficient (Wildman–Crippen LogP) is 4.39. The first kappa shape index (κ1) is 19.0. The molecule has 0 heterocycles. The summed E-state index contributed by atoms with van der Waals surface area (Å²) in [4.78, 5) is 23.4. The summed E-state index contributed by atoms with van der Waals surface area (Å²) >= 11 is 0. The van der Waals surface area contributed by atoms with Crippen LogP contribution >= 0.6 is 0 Å². The molecule has 0 bridgehead atoms. The van der Waals surface area contributed by atoms with Gasteiger partial charge in [-0.05, 0) is 59.7 Å². The standard InChI is InChI=1S/C21H16F2N2O3/c1-12(26)28-16-6-2-13(3-7-16)21(27)25-20-11-15(5-9-19(20)24)14-4-8-17(22)18(23)10-14/h2-11H,24H2,1H3,(H,25,27). The molecule has 1 amide bonds. The van der Waals surface area contributed by atoms with Gasteiger partial charge in [0.05, 0.1) is 11.4 Å². The van der Waals surface area contributed by atoms with Crippen LogP contribution in [0.15, 0.2) is 60.7 Å². The van der Waals surface area contributed by atoms with E-state index in [0.29, 0.717) is 33.8 Å². The zero-order chi connectivity index (χ0) is 20.3. The van der Waals surface area contributed by atoms with E-state index in [0.717, 1.165) is 12.1 Å². The van der Waals surface area contributed by atoms with E-state index < -0.39 is 23.5 Å². The zero-order valence-corrected chi connectivity index (χ0v) is 14.8. The molecule has 0 saturated heterocycles. The summed E-state index contributed by atoms with van der Waals surface area (Å²) in [7, 11) is 0. The van der Waals surface area contributed by atoms with Crippen molar-refractivity contribution in [2.45, 2.75) is 6.92 Å². The van der Waals surface area contributed by atoms with Gasteiger partial charge >= 0.3 is 5.97 Å². The van der Waals surface area contributed by atoms with Gasteiger partial charge in [-0.3, -0.25) is 9.59 Å². The Balaban J connectivity index is 1.82. The molecular formula is C21H16F2N2O3. The SMILES string of the molecule is CC(=O)Oc1ccc(C(=O)Nc2cc(-c3ccc(F)c(F)c3)ccc2N)cc1. The number of hydrogen-bond acceptors (Lipinski definition) is 4. The highest BCUT2D eigenvalue weighted by atomic mass is 19.2. The van der Waals surface area contributed by atoms with E-state index in [4.69, 9.17) is 10.5 Å². The Hall–Kier alpha value is -3.74. The van der Waals surface area contributed by atoms with Gasteiger partial charge in [0.2, 0.25) is 0 Å². The number of nitrogens with two attached hydrogens (primary N) is 1. The van der Waals surface area contributed by atoms with Crippen molar-refractivity contribution in [1.82, 2.24) is 0 Å². The summed E-state index contributed by atoms with van der Waals surface area (Å²) in [6.07, 6.45) is 0. The van der Waals surface area contributed by atoms with E-state index in [2.05, 4.69) is 5.32 Å². The molecule has 0 unspecified atom stereocenters. The second-order valence-corrected chi connectivity index (χ2v) is 6.00. The molecule has 0 aliphatic heterocycles. The van der Waals surface area contributed by atoms with Crippen LogP contribution in [0.1, 0.15) is 17.3 Å². The van der Waals surface area contributed by atoms with E-state index in [1.165, 1.54) is 37.3 Å². The van der Waals surface area contributed by atoms with E-state index in [-0.39, 0.29) is 0 Å². The minimum atomic E-state index is -0.965. The van der Waals surface area contributed by atoms with Gasteiger partial charge in [0.1, 0.15) is 5.75 Å². The van der Waals surface area contributed by atoms with Gasteiger partial charge in [-0.25, -0.2) is 8.78 Å². The van der Waals surface area contributed by atoms with Crippen molar-refractivity contribution in [3.8, 4) is 16.9 Å². The van der Waals surface area contributed by atoms with Gasteiger partial charge < -0.3 is 15.8 Å².